The number of anilines is 2. The van der Waals surface area contributed by atoms with Gasteiger partial charge in [-0.1, -0.05) is 35.3 Å². The molecule has 0 spiro atoms. The number of benzene rings is 3. The molecule has 6 nitrogen and oxygen atoms in total. The molecule has 38 heavy (non-hydrogen) atoms. The molecule has 2 heterocycles. The maximum atomic E-state index is 6.46. The van der Waals surface area contributed by atoms with Gasteiger partial charge in [-0.05, 0) is 80.3 Å². The summed E-state index contributed by atoms with van der Waals surface area (Å²) < 4.78 is 7.76. The highest BCUT2D eigenvalue weighted by Crippen LogP contribution is 2.33. The average molecular weight is 544 g/mol. The first-order valence-corrected chi connectivity index (χ1v) is 13.5. The van der Waals surface area contributed by atoms with Gasteiger partial charge < -0.3 is 14.6 Å². The fourth-order valence-corrected chi connectivity index (χ4v) is 5.44. The molecule has 2 aromatic carbocycles. The molecule has 0 unspecified atom stereocenters. The Balaban J connectivity index is 1.59. The van der Waals surface area contributed by atoms with Gasteiger partial charge in [0.05, 0.1) is 67.5 Å². The van der Waals surface area contributed by atoms with Crippen molar-refractivity contribution in [2.24, 2.45) is 4.99 Å². The largest absolute Gasteiger partial charge is 0.381 e. The van der Waals surface area contributed by atoms with Gasteiger partial charge in [-0.25, -0.2) is 4.98 Å². The van der Waals surface area contributed by atoms with Crippen LogP contribution < -0.4 is 10.7 Å². The van der Waals surface area contributed by atoms with Crippen molar-refractivity contribution < 1.29 is 4.74 Å². The van der Waals surface area contributed by atoms with Crippen molar-refractivity contribution >= 4 is 45.6 Å². The third-order valence-corrected chi connectivity index (χ3v) is 7.84. The number of hydrogen-bond donors (Lipinski definition) is 1. The lowest BCUT2D eigenvalue weighted by atomic mass is 9.93. The number of nitrogens with one attached hydrogen (secondary N) is 1. The second-order valence-electron chi connectivity index (χ2n) is 9.55. The number of nitrogens with zero attached hydrogens (tertiary/aromatic N) is 4. The molecule has 0 saturated heterocycles. The lowest BCUT2D eigenvalue weighted by Crippen LogP contribution is -2.25. The third-order valence-electron chi connectivity index (χ3n) is 7.10. The molecule has 1 aromatic heterocycles. The van der Waals surface area contributed by atoms with E-state index in [1.807, 2.05) is 54.7 Å². The van der Waals surface area contributed by atoms with Crippen LogP contribution in [0.4, 0.5) is 11.4 Å². The Bertz CT molecular complexity index is 1630. The number of halogens is 2. The second-order valence-corrected chi connectivity index (χ2v) is 10.4. The molecule has 0 amide bonds. The predicted molar refractivity (Wildman–Crippen MR) is 154 cm³/mol. The van der Waals surface area contributed by atoms with Crippen molar-refractivity contribution in [1.82, 2.24) is 14.5 Å². The van der Waals surface area contributed by atoms with Gasteiger partial charge in [-0.15, -0.1) is 0 Å². The molecule has 1 fully saturated rings. The lowest BCUT2D eigenvalue weighted by molar-refractivity contribution is 0.0663. The predicted octanol–water partition coefficient (Wildman–Crippen LogP) is 7.43. The first-order valence-electron chi connectivity index (χ1n) is 12.7. The molecule has 0 radical (unpaired) electrons. The SMILES string of the molecule is COC1CCC(/N=c2\cc3n(-c4ccc(Cl)c(Cl)c4)c4ccccc4nc-3cc2Nc2cccnc2)CC1. The molecule has 0 atom stereocenters. The van der Waals surface area contributed by atoms with Crippen LogP contribution in [-0.2, 0) is 4.74 Å². The van der Waals surface area contributed by atoms with Gasteiger partial charge in [-0.3, -0.25) is 9.98 Å². The normalized spacial score (nSPS) is 18.2. The number of fused-ring (bicyclic) bond motifs is 2. The Morgan fingerprint density at radius 2 is 1.79 bits per heavy atom. The van der Waals surface area contributed by atoms with Crippen LogP contribution in [0.25, 0.3) is 28.1 Å². The second kappa shape index (κ2) is 10.7. The molecule has 8 heteroatoms. The van der Waals surface area contributed by atoms with E-state index in [2.05, 4.69) is 33.1 Å². The third kappa shape index (κ3) is 4.99. The molecule has 192 valence electrons. The number of hydrogen-bond acceptors (Lipinski definition) is 5. The van der Waals surface area contributed by atoms with Crippen molar-refractivity contribution in [3.8, 4) is 17.1 Å². The Morgan fingerprint density at radius 1 is 0.947 bits per heavy atom. The highest BCUT2D eigenvalue weighted by Gasteiger charge is 2.22. The Kier molecular flexibility index (Phi) is 7.02. The Hall–Kier alpha value is -3.45. The minimum absolute atomic E-state index is 0.222. The topological polar surface area (TPSA) is 64.3 Å². The zero-order chi connectivity index (χ0) is 26.1. The van der Waals surface area contributed by atoms with E-state index in [-0.39, 0.29) is 6.04 Å². The average Bonchev–Trinajstić information content (AvgIpc) is 2.95. The van der Waals surface area contributed by atoms with E-state index in [9.17, 15) is 0 Å². The summed E-state index contributed by atoms with van der Waals surface area (Å²) in [5.41, 5.74) is 6.31. The van der Waals surface area contributed by atoms with E-state index in [4.69, 9.17) is 37.9 Å². The molecule has 1 aliphatic heterocycles. The monoisotopic (exact) mass is 543 g/mol. The number of aromatic nitrogens is 3. The van der Waals surface area contributed by atoms with Crippen LogP contribution in [0.15, 0.2) is 84.1 Å². The fraction of sp³-hybridized carbons (Fsp3) is 0.233. The zero-order valence-electron chi connectivity index (χ0n) is 20.9. The Labute approximate surface area is 231 Å². The number of para-hydroxylation sites is 2. The van der Waals surface area contributed by atoms with Gasteiger partial charge in [0.1, 0.15) is 0 Å². The number of pyridine rings is 1. The fourth-order valence-electron chi connectivity index (χ4n) is 5.15. The summed E-state index contributed by atoms with van der Waals surface area (Å²) in [4.78, 5) is 14.5. The van der Waals surface area contributed by atoms with E-state index in [0.29, 0.717) is 16.1 Å². The molecule has 1 saturated carbocycles. The summed E-state index contributed by atoms with van der Waals surface area (Å²) in [6, 6.07) is 22.1. The summed E-state index contributed by atoms with van der Waals surface area (Å²) >= 11 is 12.7. The molecular formula is C30H27Cl2N5O. The molecule has 3 aliphatic rings. The molecule has 3 aromatic rings. The van der Waals surface area contributed by atoms with Crippen LogP contribution in [0, 0.1) is 0 Å². The van der Waals surface area contributed by atoms with Gasteiger partial charge in [-0.2, -0.15) is 0 Å². The first kappa shape index (κ1) is 24.9. The van der Waals surface area contributed by atoms with E-state index >= 15 is 0 Å². The van der Waals surface area contributed by atoms with Gasteiger partial charge in [0.15, 0.2) is 0 Å². The summed E-state index contributed by atoms with van der Waals surface area (Å²) in [6.45, 7) is 0. The minimum atomic E-state index is 0.222. The van der Waals surface area contributed by atoms with Crippen LogP contribution in [-0.4, -0.2) is 33.8 Å². The minimum Gasteiger partial charge on any atom is -0.381 e. The van der Waals surface area contributed by atoms with Crippen molar-refractivity contribution in [3.05, 3.63) is 94.5 Å². The van der Waals surface area contributed by atoms with Crippen LogP contribution in [0.1, 0.15) is 25.7 Å². The van der Waals surface area contributed by atoms with Gasteiger partial charge >= 0.3 is 0 Å². The highest BCUT2D eigenvalue weighted by molar-refractivity contribution is 6.42. The molecule has 1 N–H and O–H groups in total. The van der Waals surface area contributed by atoms with Crippen LogP contribution in [0.5, 0.6) is 0 Å². The van der Waals surface area contributed by atoms with Gasteiger partial charge in [0, 0.05) is 19.0 Å². The molecule has 2 aliphatic carbocycles. The van der Waals surface area contributed by atoms with E-state index < -0.39 is 0 Å². The summed E-state index contributed by atoms with van der Waals surface area (Å²) in [5.74, 6) is 0. The number of rotatable bonds is 5. The summed E-state index contributed by atoms with van der Waals surface area (Å²) in [7, 11) is 1.79. The van der Waals surface area contributed by atoms with E-state index in [1.165, 1.54) is 0 Å². The first-order chi connectivity index (χ1) is 18.6. The summed E-state index contributed by atoms with van der Waals surface area (Å²) in [5, 5.41) is 5.43. The maximum Gasteiger partial charge on any atom is 0.0900 e. The van der Waals surface area contributed by atoms with Crippen molar-refractivity contribution in [1.29, 1.82) is 0 Å². The molecule has 6 rings (SSSR count). The van der Waals surface area contributed by atoms with Gasteiger partial charge in [0.25, 0.3) is 0 Å². The number of ether oxygens (including phenoxy) is 1. The highest BCUT2D eigenvalue weighted by atomic mass is 35.5. The van der Waals surface area contributed by atoms with Gasteiger partial charge in [0.2, 0.25) is 0 Å². The molecule has 0 bridgehead atoms. The van der Waals surface area contributed by atoms with Crippen molar-refractivity contribution in [3.63, 3.8) is 0 Å². The smallest absolute Gasteiger partial charge is 0.0900 e. The quantitative estimate of drug-likeness (QED) is 0.234. The maximum absolute atomic E-state index is 6.46. The number of methoxy groups -OCH3 is 1. The van der Waals surface area contributed by atoms with Crippen LogP contribution in [0.2, 0.25) is 10.0 Å². The van der Waals surface area contributed by atoms with Crippen LogP contribution in [0.3, 0.4) is 0 Å². The van der Waals surface area contributed by atoms with E-state index in [0.717, 1.165) is 70.5 Å². The molecular weight excluding hydrogens is 517 g/mol. The van der Waals surface area contributed by atoms with E-state index in [1.54, 1.807) is 13.3 Å². The Morgan fingerprint density at radius 3 is 2.55 bits per heavy atom. The lowest BCUT2D eigenvalue weighted by Gasteiger charge is -2.25. The standard InChI is InChI=1S/C30H27Cl2N5O/c1-38-22-11-8-19(9-12-22)34-27-17-30-28(16-26(27)35-20-5-4-14-33-18-20)36-25-6-2-3-7-29(25)37(30)21-10-13-23(31)24(32)15-21/h2-7,10,13-19,22,35H,8-9,11-12H2,1H3/b34-27+. The van der Waals surface area contributed by atoms with Crippen molar-refractivity contribution in [2.75, 3.05) is 12.4 Å². The summed E-state index contributed by atoms with van der Waals surface area (Å²) in [6.07, 6.45) is 7.90. The van der Waals surface area contributed by atoms with Crippen LogP contribution >= 0.6 is 23.2 Å². The zero-order valence-corrected chi connectivity index (χ0v) is 22.5. The van der Waals surface area contributed by atoms with Crippen molar-refractivity contribution in [2.45, 2.75) is 37.8 Å².